The van der Waals surface area contributed by atoms with Crippen LogP contribution < -0.4 is 0 Å². The highest BCUT2D eigenvalue weighted by molar-refractivity contribution is 6.17. The third-order valence-electron chi connectivity index (χ3n) is 2.56. The second-order valence-electron chi connectivity index (χ2n) is 4.66. The van der Waals surface area contributed by atoms with Crippen LogP contribution in [0.15, 0.2) is 48.1 Å². The molecule has 0 fully saturated rings. The Bertz CT molecular complexity index is 339. The van der Waals surface area contributed by atoms with Gasteiger partial charge in [0.1, 0.15) is 0 Å². The normalized spacial score (nSPS) is 15.9. The molecule has 96 valence electrons. The molecular weight excluding hydrogens is 232 g/mol. The van der Waals surface area contributed by atoms with Gasteiger partial charge in [-0.2, -0.15) is 0 Å². The van der Waals surface area contributed by atoms with E-state index in [1.165, 1.54) is 0 Å². The average Bonchev–Trinajstić information content (AvgIpc) is 2.15. The molecule has 0 rings (SSSR count). The Labute approximate surface area is 110 Å². The van der Waals surface area contributed by atoms with Crippen molar-refractivity contribution in [1.29, 1.82) is 0 Å². The van der Waals surface area contributed by atoms with E-state index in [2.05, 4.69) is 13.2 Å². The van der Waals surface area contributed by atoms with Gasteiger partial charge in [0.25, 0.3) is 0 Å². The summed E-state index contributed by atoms with van der Waals surface area (Å²) < 4.78 is 0. The van der Waals surface area contributed by atoms with E-state index in [0.717, 1.165) is 16.7 Å². The van der Waals surface area contributed by atoms with Crippen molar-refractivity contribution in [2.75, 3.05) is 5.88 Å². The maximum atomic E-state index is 10.5. The number of allylic oxidation sites excluding steroid dienone is 4. The Kier molecular flexibility index (Phi) is 7.17. The molecule has 0 aromatic heterocycles. The average molecular weight is 255 g/mol. The molecule has 1 nitrogen and oxygen atoms in total. The van der Waals surface area contributed by atoms with Crippen molar-refractivity contribution in [3.8, 4) is 0 Å². The molecule has 0 radical (unpaired) electrons. The van der Waals surface area contributed by atoms with E-state index < -0.39 is 5.60 Å². The standard InChI is InChI=1S/C15H23ClO/c1-12(2)7-6-8-14(5)15(17,9-10-16)11-13(3)4/h6-8,17H,1,3,9-11H2,2,4-5H3. The van der Waals surface area contributed by atoms with Crippen molar-refractivity contribution in [3.05, 3.63) is 48.1 Å². The van der Waals surface area contributed by atoms with E-state index >= 15 is 0 Å². The van der Waals surface area contributed by atoms with E-state index in [-0.39, 0.29) is 0 Å². The minimum Gasteiger partial charge on any atom is -0.385 e. The van der Waals surface area contributed by atoms with Crippen LogP contribution in [0.1, 0.15) is 33.6 Å². The van der Waals surface area contributed by atoms with Gasteiger partial charge in [-0.25, -0.2) is 0 Å². The molecule has 0 bridgehead atoms. The first-order valence-corrected chi connectivity index (χ1v) is 6.29. The summed E-state index contributed by atoms with van der Waals surface area (Å²) in [5.74, 6) is 0.430. The molecule has 2 heteroatoms. The van der Waals surface area contributed by atoms with Crippen LogP contribution >= 0.6 is 11.6 Å². The van der Waals surface area contributed by atoms with Gasteiger partial charge in [0.2, 0.25) is 0 Å². The Balaban J connectivity index is 4.91. The largest absolute Gasteiger partial charge is 0.385 e. The minimum atomic E-state index is -0.882. The number of rotatable bonds is 7. The number of alkyl halides is 1. The summed E-state index contributed by atoms with van der Waals surface area (Å²) in [6.45, 7) is 13.4. The van der Waals surface area contributed by atoms with E-state index in [9.17, 15) is 5.11 Å². The number of aliphatic hydroxyl groups is 1. The predicted molar refractivity (Wildman–Crippen MR) is 77.4 cm³/mol. The zero-order valence-electron chi connectivity index (χ0n) is 11.1. The maximum absolute atomic E-state index is 10.5. The van der Waals surface area contributed by atoms with Crippen molar-refractivity contribution >= 4 is 11.6 Å². The molecule has 0 saturated heterocycles. The van der Waals surface area contributed by atoms with Gasteiger partial charge in [0, 0.05) is 12.3 Å². The minimum absolute atomic E-state index is 0.430. The fourth-order valence-corrected chi connectivity index (χ4v) is 1.91. The molecule has 0 aliphatic carbocycles. The van der Waals surface area contributed by atoms with Crippen molar-refractivity contribution < 1.29 is 5.11 Å². The van der Waals surface area contributed by atoms with Gasteiger partial charge in [-0.1, -0.05) is 36.0 Å². The van der Waals surface area contributed by atoms with Gasteiger partial charge in [-0.15, -0.1) is 18.2 Å². The lowest BCUT2D eigenvalue weighted by Crippen LogP contribution is -2.31. The summed E-state index contributed by atoms with van der Waals surface area (Å²) >= 11 is 5.75. The zero-order valence-corrected chi connectivity index (χ0v) is 11.8. The summed E-state index contributed by atoms with van der Waals surface area (Å²) in [6.07, 6.45) is 6.79. The van der Waals surface area contributed by atoms with Crippen LogP contribution in [0.5, 0.6) is 0 Å². The van der Waals surface area contributed by atoms with Crippen molar-refractivity contribution in [2.24, 2.45) is 0 Å². The third kappa shape index (κ3) is 6.50. The molecule has 0 spiro atoms. The van der Waals surface area contributed by atoms with Gasteiger partial charge in [-0.05, 0) is 32.8 Å². The Morgan fingerprint density at radius 2 is 1.88 bits per heavy atom. The molecule has 17 heavy (non-hydrogen) atoms. The number of hydrogen-bond donors (Lipinski definition) is 1. The molecule has 0 heterocycles. The van der Waals surface area contributed by atoms with Crippen molar-refractivity contribution in [2.45, 2.75) is 39.2 Å². The summed E-state index contributed by atoms with van der Waals surface area (Å²) in [5.41, 5.74) is 1.95. The van der Waals surface area contributed by atoms with Gasteiger partial charge in [0.15, 0.2) is 0 Å². The lowest BCUT2D eigenvalue weighted by molar-refractivity contribution is 0.0756. The highest BCUT2D eigenvalue weighted by Gasteiger charge is 2.27. The summed E-state index contributed by atoms with van der Waals surface area (Å²) in [5, 5.41) is 10.5. The Morgan fingerprint density at radius 3 is 2.29 bits per heavy atom. The lowest BCUT2D eigenvalue weighted by Gasteiger charge is -2.28. The zero-order chi connectivity index (χ0) is 13.5. The molecule has 0 aliphatic heterocycles. The van der Waals surface area contributed by atoms with Crippen molar-refractivity contribution in [1.82, 2.24) is 0 Å². The van der Waals surface area contributed by atoms with Crippen molar-refractivity contribution in [3.63, 3.8) is 0 Å². The summed E-state index contributed by atoms with van der Waals surface area (Å²) in [6, 6.07) is 0. The van der Waals surface area contributed by atoms with E-state index in [4.69, 9.17) is 11.6 Å². The molecule has 0 saturated carbocycles. The monoisotopic (exact) mass is 254 g/mol. The van der Waals surface area contributed by atoms with Crippen LogP contribution in [0.3, 0.4) is 0 Å². The van der Waals surface area contributed by atoms with Crippen LogP contribution in [-0.4, -0.2) is 16.6 Å². The van der Waals surface area contributed by atoms with Crippen LogP contribution in [0.4, 0.5) is 0 Å². The highest BCUT2D eigenvalue weighted by Crippen LogP contribution is 2.28. The second kappa shape index (κ2) is 7.52. The summed E-state index contributed by atoms with van der Waals surface area (Å²) in [4.78, 5) is 0. The molecule has 0 aromatic carbocycles. The van der Waals surface area contributed by atoms with Gasteiger partial charge in [-0.3, -0.25) is 0 Å². The van der Waals surface area contributed by atoms with E-state index in [1.54, 1.807) is 0 Å². The van der Waals surface area contributed by atoms with Gasteiger partial charge < -0.3 is 5.11 Å². The fraction of sp³-hybridized carbons (Fsp3) is 0.467. The molecule has 1 N–H and O–H groups in total. The topological polar surface area (TPSA) is 20.2 Å². The molecule has 0 aliphatic rings. The number of halogens is 1. The summed E-state index contributed by atoms with van der Waals surface area (Å²) in [7, 11) is 0. The van der Waals surface area contributed by atoms with Crippen LogP contribution in [0.25, 0.3) is 0 Å². The van der Waals surface area contributed by atoms with Crippen LogP contribution in [0, 0.1) is 0 Å². The molecule has 0 aromatic rings. The molecule has 0 amide bonds. The fourth-order valence-electron chi connectivity index (χ4n) is 1.59. The molecule has 1 atom stereocenters. The van der Waals surface area contributed by atoms with Crippen LogP contribution in [0.2, 0.25) is 0 Å². The number of hydrogen-bond acceptors (Lipinski definition) is 1. The lowest BCUT2D eigenvalue weighted by atomic mass is 9.85. The first-order chi connectivity index (χ1) is 7.81. The molecule has 1 unspecified atom stereocenters. The quantitative estimate of drug-likeness (QED) is 0.406. The first kappa shape index (κ1) is 16.2. The van der Waals surface area contributed by atoms with E-state index in [1.807, 2.05) is 39.0 Å². The SMILES string of the molecule is C=C(C)C=CC=C(C)C(O)(CCCl)CC(=C)C. The van der Waals surface area contributed by atoms with Gasteiger partial charge >= 0.3 is 0 Å². The maximum Gasteiger partial charge on any atom is 0.0905 e. The van der Waals surface area contributed by atoms with Crippen LogP contribution in [-0.2, 0) is 0 Å². The second-order valence-corrected chi connectivity index (χ2v) is 5.04. The molecular formula is C15H23ClO. The van der Waals surface area contributed by atoms with Gasteiger partial charge in [0.05, 0.1) is 5.60 Å². The predicted octanol–water partition coefficient (Wildman–Crippen LogP) is 4.39. The van der Waals surface area contributed by atoms with E-state index in [0.29, 0.717) is 18.7 Å². The Hall–Kier alpha value is -0.790. The highest BCUT2D eigenvalue weighted by atomic mass is 35.5. The smallest absolute Gasteiger partial charge is 0.0905 e. The Morgan fingerprint density at radius 1 is 1.29 bits per heavy atom. The first-order valence-electron chi connectivity index (χ1n) is 5.75. The third-order valence-corrected chi connectivity index (χ3v) is 2.75.